The van der Waals surface area contributed by atoms with Gasteiger partial charge in [0.15, 0.2) is 0 Å². The summed E-state index contributed by atoms with van der Waals surface area (Å²) in [6.07, 6.45) is 1.80. The molecule has 0 aromatic heterocycles. The van der Waals surface area contributed by atoms with Gasteiger partial charge < -0.3 is 10.4 Å². The largest absolute Gasteiger partial charge is 0.393 e. The van der Waals surface area contributed by atoms with Crippen LogP contribution in [0.5, 0.6) is 0 Å². The van der Waals surface area contributed by atoms with Crippen LogP contribution in [0.3, 0.4) is 0 Å². The molecule has 0 aliphatic carbocycles. The van der Waals surface area contributed by atoms with E-state index >= 15 is 0 Å². The van der Waals surface area contributed by atoms with Crippen LogP contribution in [0.1, 0.15) is 33.6 Å². The molecule has 1 saturated heterocycles. The normalized spacial score (nSPS) is 39.6. The van der Waals surface area contributed by atoms with Crippen molar-refractivity contribution in [2.75, 3.05) is 0 Å². The van der Waals surface area contributed by atoms with Crippen LogP contribution in [-0.4, -0.2) is 22.8 Å². The van der Waals surface area contributed by atoms with Crippen LogP contribution in [0.15, 0.2) is 0 Å². The van der Waals surface area contributed by atoms with E-state index in [1.807, 2.05) is 0 Å². The second kappa shape index (κ2) is 2.51. The molecule has 0 aromatic carbocycles. The Morgan fingerprint density at radius 1 is 1.50 bits per heavy atom. The Kier molecular flexibility index (Phi) is 2.02. The summed E-state index contributed by atoms with van der Waals surface area (Å²) in [6, 6.07) is 0.582. The van der Waals surface area contributed by atoms with Gasteiger partial charge in [-0.1, -0.05) is 0 Å². The standard InChI is InChI=1S/C8H17NO/c1-6-4-7(10)5-8(2,3)9-6/h6-7,9-10H,4-5H2,1-3H3/p+1. The molecule has 60 valence electrons. The molecule has 0 amide bonds. The monoisotopic (exact) mass is 144 g/mol. The summed E-state index contributed by atoms with van der Waals surface area (Å²) in [7, 11) is 0. The highest BCUT2D eigenvalue weighted by Gasteiger charge is 2.33. The van der Waals surface area contributed by atoms with Gasteiger partial charge in [-0.25, -0.2) is 0 Å². The van der Waals surface area contributed by atoms with Gasteiger partial charge in [0.05, 0.1) is 17.7 Å². The van der Waals surface area contributed by atoms with Crippen molar-refractivity contribution in [3.8, 4) is 0 Å². The van der Waals surface area contributed by atoms with Crippen molar-refractivity contribution in [2.24, 2.45) is 0 Å². The van der Waals surface area contributed by atoms with Crippen LogP contribution in [0, 0.1) is 0 Å². The first-order valence-corrected chi connectivity index (χ1v) is 4.04. The lowest BCUT2D eigenvalue weighted by atomic mass is 9.88. The van der Waals surface area contributed by atoms with Crippen LogP contribution in [0.25, 0.3) is 0 Å². The molecule has 1 heterocycles. The van der Waals surface area contributed by atoms with E-state index in [0.717, 1.165) is 12.8 Å². The third kappa shape index (κ3) is 1.96. The topological polar surface area (TPSA) is 36.8 Å². The molecule has 2 heteroatoms. The maximum atomic E-state index is 9.40. The van der Waals surface area contributed by atoms with Crippen LogP contribution in [0.4, 0.5) is 0 Å². The zero-order chi connectivity index (χ0) is 7.78. The number of aliphatic hydroxyl groups excluding tert-OH is 1. The zero-order valence-electron chi connectivity index (χ0n) is 7.09. The summed E-state index contributed by atoms with van der Waals surface area (Å²) in [5, 5.41) is 11.7. The number of piperidine rings is 1. The molecule has 3 N–H and O–H groups in total. The first-order valence-electron chi connectivity index (χ1n) is 4.04. The van der Waals surface area contributed by atoms with Gasteiger partial charge in [-0.3, -0.25) is 0 Å². The molecule has 0 bridgehead atoms. The Balaban J connectivity index is 2.51. The lowest BCUT2D eigenvalue weighted by Crippen LogP contribution is -3.01. The molecule has 2 nitrogen and oxygen atoms in total. The van der Waals surface area contributed by atoms with Gasteiger partial charge in [-0.15, -0.1) is 0 Å². The molecular weight excluding hydrogens is 126 g/mol. The highest BCUT2D eigenvalue weighted by molar-refractivity contribution is 4.76. The molecule has 0 saturated carbocycles. The number of rotatable bonds is 0. The quantitative estimate of drug-likeness (QED) is 0.488. The number of hydrogen-bond acceptors (Lipinski definition) is 1. The van der Waals surface area contributed by atoms with E-state index < -0.39 is 0 Å². The first-order chi connectivity index (χ1) is 4.49. The first kappa shape index (κ1) is 8.02. The molecule has 0 radical (unpaired) electrons. The predicted octanol–water partition coefficient (Wildman–Crippen LogP) is -0.128. The number of aliphatic hydroxyl groups is 1. The average Bonchev–Trinajstić information content (AvgIpc) is 1.54. The lowest BCUT2D eigenvalue weighted by Gasteiger charge is -2.34. The Morgan fingerprint density at radius 2 is 2.10 bits per heavy atom. The zero-order valence-corrected chi connectivity index (χ0v) is 7.09. The minimum atomic E-state index is -0.0741. The Hall–Kier alpha value is -0.0800. The van der Waals surface area contributed by atoms with E-state index in [2.05, 4.69) is 26.1 Å². The van der Waals surface area contributed by atoms with Gasteiger partial charge in [0.1, 0.15) is 0 Å². The number of hydrogen-bond donors (Lipinski definition) is 2. The summed E-state index contributed by atoms with van der Waals surface area (Å²) < 4.78 is 0. The third-order valence-corrected chi connectivity index (χ3v) is 2.14. The molecule has 1 aliphatic heterocycles. The Labute approximate surface area is 62.6 Å². The second-order valence-electron chi connectivity index (χ2n) is 4.23. The maximum Gasteiger partial charge on any atom is 0.0931 e. The molecule has 0 aromatic rings. The molecule has 1 fully saturated rings. The fraction of sp³-hybridized carbons (Fsp3) is 1.00. The van der Waals surface area contributed by atoms with Gasteiger partial charge in [0, 0.05) is 12.8 Å². The summed E-state index contributed by atoms with van der Waals surface area (Å²) in [5.41, 5.74) is 0.247. The second-order valence-corrected chi connectivity index (χ2v) is 4.23. The van der Waals surface area contributed by atoms with Crippen molar-refractivity contribution in [2.45, 2.75) is 51.3 Å². The minimum Gasteiger partial charge on any atom is -0.393 e. The molecule has 2 atom stereocenters. The SMILES string of the molecule is CC1CC(O)CC(C)(C)[NH2+]1. The predicted molar refractivity (Wildman–Crippen MR) is 40.7 cm³/mol. The van der Waals surface area contributed by atoms with Crippen molar-refractivity contribution < 1.29 is 10.4 Å². The smallest absolute Gasteiger partial charge is 0.0931 e. The van der Waals surface area contributed by atoms with Crippen molar-refractivity contribution in [3.05, 3.63) is 0 Å². The minimum absolute atomic E-state index is 0.0741. The van der Waals surface area contributed by atoms with Crippen LogP contribution in [0.2, 0.25) is 0 Å². The van der Waals surface area contributed by atoms with E-state index in [1.165, 1.54) is 0 Å². The summed E-state index contributed by atoms with van der Waals surface area (Å²) >= 11 is 0. The molecule has 2 unspecified atom stereocenters. The number of quaternary nitrogens is 1. The molecule has 1 aliphatic rings. The lowest BCUT2D eigenvalue weighted by molar-refractivity contribution is -0.759. The highest BCUT2D eigenvalue weighted by Crippen LogP contribution is 2.14. The van der Waals surface area contributed by atoms with E-state index in [0.29, 0.717) is 6.04 Å². The molecular formula is C8H18NO+. The van der Waals surface area contributed by atoms with Gasteiger partial charge >= 0.3 is 0 Å². The number of nitrogens with two attached hydrogens (primary N) is 1. The van der Waals surface area contributed by atoms with Gasteiger partial charge in [-0.2, -0.15) is 0 Å². The van der Waals surface area contributed by atoms with E-state index in [1.54, 1.807) is 0 Å². The van der Waals surface area contributed by atoms with Crippen molar-refractivity contribution in [1.82, 2.24) is 0 Å². The maximum absolute atomic E-state index is 9.40. The van der Waals surface area contributed by atoms with Crippen LogP contribution < -0.4 is 5.32 Å². The van der Waals surface area contributed by atoms with Crippen LogP contribution in [-0.2, 0) is 0 Å². The summed E-state index contributed by atoms with van der Waals surface area (Å²) in [6.45, 7) is 6.54. The average molecular weight is 144 g/mol. The van der Waals surface area contributed by atoms with Crippen LogP contribution >= 0.6 is 0 Å². The Morgan fingerprint density at radius 3 is 2.50 bits per heavy atom. The highest BCUT2D eigenvalue weighted by atomic mass is 16.3. The fourth-order valence-corrected chi connectivity index (χ4v) is 2.03. The van der Waals surface area contributed by atoms with Gasteiger partial charge in [0.25, 0.3) is 0 Å². The van der Waals surface area contributed by atoms with Gasteiger partial charge in [-0.05, 0) is 20.8 Å². The van der Waals surface area contributed by atoms with Crippen molar-refractivity contribution >= 4 is 0 Å². The molecule has 0 spiro atoms. The fourth-order valence-electron chi connectivity index (χ4n) is 2.03. The van der Waals surface area contributed by atoms with E-state index in [-0.39, 0.29) is 11.6 Å². The summed E-state index contributed by atoms with van der Waals surface area (Å²) in [5.74, 6) is 0. The summed E-state index contributed by atoms with van der Waals surface area (Å²) in [4.78, 5) is 0. The van der Waals surface area contributed by atoms with E-state index in [4.69, 9.17) is 0 Å². The van der Waals surface area contributed by atoms with Gasteiger partial charge in [0.2, 0.25) is 0 Å². The van der Waals surface area contributed by atoms with Crippen molar-refractivity contribution in [3.63, 3.8) is 0 Å². The third-order valence-electron chi connectivity index (χ3n) is 2.14. The van der Waals surface area contributed by atoms with E-state index in [9.17, 15) is 5.11 Å². The Bertz CT molecular complexity index is 110. The molecule has 1 rings (SSSR count). The molecule has 10 heavy (non-hydrogen) atoms. The van der Waals surface area contributed by atoms with Crippen molar-refractivity contribution in [1.29, 1.82) is 0 Å².